The molecule has 4 nitrogen and oxygen atoms in total. The standard InChI is InChI=1S/C11H14N2O2/c1-8(14)7-13-11-5-10(15-2)4-3-9(11)6-12/h3-5,8,13-14H,7H2,1-2H3. The van der Waals surface area contributed by atoms with Crippen LogP contribution in [0.25, 0.3) is 0 Å². The van der Waals surface area contributed by atoms with Gasteiger partial charge >= 0.3 is 0 Å². The fourth-order valence-corrected chi connectivity index (χ4v) is 1.15. The third-order valence-electron chi connectivity index (χ3n) is 1.94. The zero-order valence-corrected chi connectivity index (χ0v) is 8.82. The molecule has 2 N–H and O–H groups in total. The van der Waals surface area contributed by atoms with Crippen LogP contribution in [0, 0.1) is 11.3 Å². The lowest BCUT2D eigenvalue weighted by Gasteiger charge is -2.11. The van der Waals surface area contributed by atoms with Gasteiger partial charge in [-0.2, -0.15) is 5.26 Å². The highest BCUT2D eigenvalue weighted by atomic mass is 16.5. The van der Waals surface area contributed by atoms with E-state index in [1.165, 1.54) is 0 Å². The van der Waals surface area contributed by atoms with Crippen molar-refractivity contribution in [3.8, 4) is 11.8 Å². The van der Waals surface area contributed by atoms with E-state index in [0.717, 1.165) is 0 Å². The first-order valence-corrected chi connectivity index (χ1v) is 4.67. The molecule has 0 saturated heterocycles. The number of benzene rings is 1. The van der Waals surface area contributed by atoms with E-state index in [-0.39, 0.29) is 0 Å². The number of nitrogens with one attached hydrogen (secondary N) is 1. The molecule has 0 aliphatic rings. The lowest BCUT2D eigenvalue weighted by molar-refractivity contribution is 0.208. The topological polar surface area (TPSA) is 65.3 Å². The predicted molar refractivity (Wildman–Crippen MR) is 57.9 cm³/mol. The van der Waals surface area contributed by atoms with Gasteiger partial charge in [0, 0.05) is 12.6 Å². The van der Waals surface area contributed by atoms with E-state index in [2.05, 4.69) is 11.4 Å². The number of nitriles is 1. The summed E-state index contributed by atoms with van der Waals surface area (Å²) in [6.07, 6.45) is -0.456. The van der Waals surface area contributed by atoms with E-state index in [1.807, 2.05) is 0 Å². The van der Waals surface area contributed by atoms with Crippen molar-refractivity contribution >= 4 is 5.69 Å². The van der Waals surface area contributed by atoms with Gasteiger partial charge in [-0.1, -0.05) is 0 Å². The maximum Gasteiger partial charge on any atom is 0.121 e. The largest absolute Gasteiger partial charge is 0.497 e. The highest BCUT2D eigenvalue weighted by molar-refractivity contribution is 5.60. The number of aliphatic hydroxyl groups is 1. The second-order valence-corrected chi connectivity index (χ2v) is 3.25. The summed E-state index contributed by atoms with van der Waals surface area (Å²) >= 11 is 0. The normalized spacial score (nSPS) is 11.6. The van der Waals surface area contributed by atoms with Gasteiger partial charge in [-0.25, -0.2) is 0 Å². The minimum Gasteiger partial charge on any atom is -0.497 e. The third kappa shape index (κ3) is 3.15. The molecule has 0 heterocycles. The van der Waals surface area contributed by atoms with Crippen molar-refractivity contribution in [2.45, 2.75) is 13.0 Å². The highest BCUT2D eigenvalue weighted by Crippen LogP contribution is 2.21. The predicted octanol–water partition coefficient (Wildman–Crippen LogP) is 1.36. The summed E-state index contributed by atoms with van der Waals surface area (Å²) in [4.78, 5) is 0. The maximum atomic E-state index is 9.13. The van der Waals surface area contributed by atoms with Crippen LogP contribution in [0.5, 0.6) is 5.75 Å². The molecule has 0 fully saturated rings. The van der Waals surface area contributed by atoms with Crippen LogP contribution in [-0.4, -0.2) is 24.9 Å². The fourth-order valence-electron chi connectivity index (χ4n) is 1.15. The molecule has 1 unspecified atom stereocenters. The summed E-state index contributed by atoms with van der Waals surface area (Å²) < 4.78 is 5.05. The number of hydrogen-bond acceptors (Lipinski definition) is 4. The first-order valence-electron chi connectivity index (χ1n) is 4.67. The minimum absolute atomic E-state index is 0.405. The molecule has 15 heavy (non-hydrogen) atoms. The zero-order chi connectivity index (χ0) is 11.3. The van der Waals surface area contributed by atoms with Crippen molar-refractivity contribution in [3.63, 3.8) is 0 Å². The second kappa shape index (κ2) is 5.23. The molecule has 0 bridgehead atoms. The third-order valence-corrected chi connectivity index (χ3v) is 1.94. The molecule has 1 aromatic rings. The maximum absolute atomic E-state index is 9.13. The second-order valence-electron chi connectivity index (χ2n) is 3.25. The Morgan fingerprint density at radius 3 is 2.87 bits per heavy atom. The quantitative estimate of drug-likeness (QED) is 0.780. The summed E-state index contributed by atoms with van der Waals surface area (Å²) in [5.41, 5.74) is 1.22. The van der Waals surface area contributed by atoms with Gasteiger partial charge in [-0.05, 0) is 19.1 Å². The number of rotatable bonds is 4. The highest BCUT2D eigenvalue weighted by Gasteiger charge is 2.04. The van der Waals surface area contributed by atoms with E-state index in [9.17, 15) is 0 Å². The Morgan fingerprint density at radius 2 is 2.33 bits per heavy atom. The van der Waals surface area contributed by atoms with E-state index in [0.29, 0.717) is 23.5 Å². The average molecular weight is 206 g/mol. The monoisotopic (exact) mass is 206 g/mol. The van der Waals surface area contributed by atoms with Crippen LogP contribution in [0.1, 0.15) is 12.5 Å². The number of anilines is 1. The van der Waals surface area contributed by atoms with Crippen LogP contribution in [-0.2, 0) is 0 Å². The zero-order valence-electron chi connectivity index (χ0n) is 8.82. The van der Waals surface area contributed by atoms with Gasteiger partial charge < -0.3 is 15.2 Å². The molecule has 0 saturated carbocycles. The Labute approximate surface area is 89.1 Å². The van der Waals surface area contributed by atoms with E-state index >= 15 is 0 Å². The molecule has 1 aromatic carbocycles. The first kappa shape index (κ1) is 11.3. The molecule has 0 amide bonds. The SMILES string of the molecule is COc1ccc(C#N)c(NCC(C)O)c1. The summed E-state index contributed by atoms with van der Waals surface area (Å²) in [6.45, 7) is 2.08. The van der Waals surface area contributed by atoms with Crippen LogP contribution >= 0.6 is 0 Å². The number of hydrogen-bond donors (Lipinski definition) is 2. The number of methoxy groups -OCH3 is 1. The van der Waals surface area contributed by atoms with Gasteiger partial charge in [0.2, 0.25) is 0 Å². The smallest absolute Gasteiger partial charge is 0.121 e. The van der Waals surface area contributed by atoms with E-state index in [4.69, 9.17) is 15.1 Å². The number of ether oxygens (including phenoxy) is 1. The Morgan fingerprint density at radius 1 is 1.60 bits per heavy atom. The molecule has 1 atom stereocenters. The molecule has 0 radical (unpaired) electrons. The summed E-state index contributed by atoms with van der Waals surface area (Å²) in [7, 11) is 1.57. The van der Waals surface area contributed by atoms with Crippen molar-refractivity contribution in [1.82, 2.24) is 0 Å². The molecule has 0 aliphatic heterocycles. The van der Waals surface area contributed by atoms with Crippen molar-refractivity contribution < 1.29 is 9.84 Å². The van der Waals surface area contributed by atoms with Crippen LogP contribution in [0.4, 0.5) is 5.69 Å². The van der Waals surface area contributed by atoms with Gasteiger partial charge in [0.25, 0.3) is 0 Å². The van der Waals surface area contributed by atoms with E-state index in [1.54, 1.807) is 32.2 Å². The van der Waals surface area contributed by atoms with Crippen molar-refractivity contribution in [3.05, 3.63) is 23.8 Å². The number of aliphatic hydroxyl groups excluding tert-OH is 1. The Balaban J connectivity index is 2.87. The van der Waals surface area contributed by atoms with Crippen LogP contribution in [0.2, 0.25) is 0 Å². The van der Waals surface area contributed by atoms with Crippen LogP contribution in [0.15, 0.2) is 18.2 Å². The van der Waals surface area contributed by atoms with Gasteiger partial charge in [0.1, 0.15) is 11.8 Å². The Bertz CT molecular complexity index is 369. The summed E-state index contributed by atoms with van der Waals surface area (Å²) in [6, 6.07) is 7.22. The molecule has 0 aliphatic carbocycles. The average Bonchev–Trinajstić information content (AvgIpc) is 2.25. The lowest BCUT2D eigenvalue weighted by Crippen LogP contribution is -2.15. The molecular weight excluding hydrogens is 192 g/mol. The van der Waals surface area contributed by atoms with E-state index < -0.39 is 6.10 Å². The molecular formula is C11H14N2O2. The summed E-state index contributed by atoms with van der Waals surface area (Å²) in [5.74, 6) is 0.682. The molecule has 4 heteroatoms. The molecule has 80 valence electrons. The van der Waals surface area contributed by atoms with Crippen molar-refractivity contribution in [2.75, 3.05) is 19.0 Å². The first-order chi connectivity index (χ1) is 7.17. The van der Waals surface area contributed by atoms with Crippen molar-refractivity contribution in [1.29, 1.82) is 5.26 Å². The lowest BCUT2D eigenvalue weighted by atomic mass is 10.2. The Kier molecular flexibility index (Phi) is 3.95. The van der Waals surface area contributed by atoms with Crippen LogP contribution < -0.4 is 10.1 Å². The van der Waals surface area contributed by atoms with Gasteiger partial charge in [-0.3, -0.25) is 0 Å². The van der Waals surface area contributed by atoms with Gasteiger partial charge in [0.05, 0.1) is 24.5 Å². The molecule has 1 rings (SSSR count). The van der Waals surface area contributed by atoms with Gasteiger partial charge in [-0.15, -0.1) is 0 Å². The van der Waals surface area contributed by atoms with Gasteiger partial charge in [0.15, 0.2) is 0 Å². The molecule has 0 aromatic heterocycles. The minimum atomic E-state index is -0.456. The summed E-state index contributed by atoms with van der Waals surface area (Å²) in [5, 5.41) is 21.0. The molecule has 0 spiro atoms. The Hall–Kier alpha value is -1.73. The van der Waals surface area contributed by atoms with Crippen LogP contribution in [0.3, 0.4) is 0 Å². The van der Waals surface area contributed by atoms with Crippen molar-refractivity contribution in [2.24, 2.45) is 0 Å². The number of nitrogens with zero attached hydrogens (tertiary/aromatic N) is 1. The fraction of sp³-hybridized carbons (Fsp3) is 0.364.